The fourth-order valence-electron chi connectivity index (χ4n) is 2.37. The van der Waals surface area contributed by atoms with Crippen molar-refractivity contribution in [3.05, 3.63) is 59.2 Å². The van der Waals surface area contributed by atoms with Gasteiger partial charge >= 0.3 is 0 Å². The number of aromatic amines is 1. The predicted molar refractivity (Wildman–Crippen MR) is 101 cm³/mol. The lowest BCUT2D eigenvalue weighted by Gasteiger charge is -2.11. The van der Waals surface area contributed by atoms with Gasteiger partial charge in [0, 0.05) is 22.5 Å². The van der Waals surface area contributed by atoms with Gasteiger partial charge in [0.05, 0.1) is 10.7 Å². The normalized spacial score (nSPS) is 10.9. The molecule has 2 amide bonds. The van der Waals surface area contributed by atoms with Crippen molar-refractivity contribution in [1.29, 1.82) is 0 Å². The number of halogens is 1. The minimum absolute atomic E-state index is 0.114. The third-order valence-electron chi connectivity index (χ3n) is 3.78. The summed E-state index contributed by atoms with van der Waals surface area (Å²) >= 11 is 6.20. The zero-order valence-corrected chi connectivity index (χ0v) is 14.6. The first-order chi connectivity index (χ1) is 11.9. The number of hydrogen-bond donors (Lipinski definition) is 3. The molecule has 3 aromatic rings. The van der Waals surface area contributed by atoms with E-state index in [4.69, 9.17) is 11.6 Å². The molecule has 25 heavy (non-hydrogen) atoms. The molecule has 0 spiro atoms. The van der Waals surface area contributed by atoms with Crippen LogP contribution < -0.4 is 10.6 Å². The quantitative estimate of drug-likeness (QED) is 0.636. The third-order valence-corrected chi connectivity index (χ3v) is 4.10. The molecule has 6 heteroatoms. The van der Waals surface area contributed by atoms with Gasteiger partial charge < -0.3 is 15.6 Å². The first kappa shape index (κ1) is 17.0. The standard InChI is InChI=1S/C19H18ClN3O2/c1-11(2)18(24)23-16-8-7-13(10-14(16)20)21-19(25)17-9-12-5-3-4-6-15(12)22-17/h3-11,22H,1-2H3,(H,21,25)(H,23,24). The van der Waals surface area contributed by atoms with Gasteiger partial charge in [-0.25, -0.2) is 0 Å². The van der Waals surface area contributed by atoms with E-state index in [1.165, 1.54) is 0 Å². The Morgan fingerprint density at radius 2 is 1.80 bits per heavy atom. The SMILES string of the molecule is CC(C)C(=O)Nc1ccc(NC(=O)c2cc3ccccc3[nH]2)cc1Cl. The van der Waals surface area contributed by atoms with E-state index in [1.54, 1.807) is 38.1 Å². The maximum atomic E-state index is 12.4. The topological polar surface area (TPSA) is 74.0 Å². The molecule has 0 aliphatic rings. The molecule has 0 aliphatic carbocycles. The summed E-state index contributed by atoms with van der Waals surface area (Å²) in [6.45, 7) is 3.61. The number of rotatable bonds is 4. The minimum Gasteiger partial charge on any atom is -0.351 e. The summed E-state index contributed by atoms with van der Waals surface area (Å²) in [7, 11) is 0. The second kappa shape index (κ2) is 6.99. The second-order valence-electron chi connectivity index (χ2n) is 6.06. The highest BCUT2D eigenvalue weighted by atomic mass is 35.5. The maximum Gasteiger partial charge on any atom is 0.272 e. The highest BCUT2D eigenvalue weighted by molar-refractivity contribution is 6.34. The van der Waals surface area contributed by atoms with Crippen LogP contribution in [0.15, 0.2) is 48.5 Å². The number of fused-ring (bicyclic) bond motifs is 1. The van der Waals surface area contributed by atoms with Crippen LogP contribution in [0.1, 0.15) is 24.3 Å². The van der Waals surface area contributed by atoms with E-state index < -0.39 is 0 Å². The van der Waals surface area contributed by atoms with Crippen molar-refractivity contribution in [2.45, 2.75) is 13.8 Å². The Labute approximate surface area is 150 Å². The molecule has 0 radical (unpaired) electrons. The van der Waals surface area contributed by atoms with E-state index in [2.05, 4.69) is 15.6 Å². The highest BCUT2D eigenvalue weighted by Crippen LogP contribution is 2.26. The zero-order chi connectivity index (χ0) is 18.0. The number of benzene rings is 2. The molecule has 0 saturated carbocycles. The molecule has 3 rings (SSSR count). The van der Waals surface area contributed by atoms with Crippen molar-refractivity contribution < 1.29 is 9.59 Å². The molecule has 0 atom stereocenters. The molecule has 128 valence electrons. The summed E-state index contributed by atoms with van der Waals surface area (Å²) < 4.78 is 0. The molecule has 1 aromatic heterocycles. The maximum absolute atomic E-state index is 12.4. The lowest BCUT2D eigenvalue weighted by molar-refractivity contribution is -0.118. The molecule has 0 unspecified atom stereocenters. The summed E-state index contributed by atoms with van der Waals surface area (Å²) in [6, 6.07) is 14.4. The van der Waals surface area contributed by atoms with E-state index >= 15 is 0 Å². The average Bonchev–Trinajstić information content (AvgIpc) is 3.01. The first-order valence-corrected chi connectivity index (χ1v) is 8.31. The van der Waals surface area contributed by atoms with Gasteiger partial charge in [-0.15, -0.1) is 0 Å². The van der Waals surface area contributed by atoms with E-state index in [0.29, 0.717) is 22.1 Å². The Morgan fingerprint density at radius 3 is 2.48 bits per heavy atom. The summed E-state index contributed by atoms with van der Waals surface area (Å²) in [5.41, 5.74) is 2.44. The largest absolute Gasteiger partial charge is 0.351 e. The molecule has 0 aliphatic heterocycles. The second-order valence-corrected chi connectivity index (χ2v) is 6.47. The van der Waals surface area contributed by atoms with Crippen LogP contribution in [0.4, 0.5) is 11.4 Å². The van der Waals surface area contributed by atoms with Crippen molar-refractivity contribution >= 4 is 45.7 Å². The van der Waals surface area contributed by atoms with E-state index in [-0.39, 0.29) is 17.7 Å². The number of para-hydroxylation sites is 1. The molecule has 3 N–H and O–H groups in total. The van der Waals surface area contributed by atoms with Crippen molar-refractivity contribution in [2.75, 3.05) is 10.6 Å². The molecule has 0 saturated heterocycles. The van der Waals surface area contributed by atoms with Crippen LogP contribution >= 0.6 is 11.6 Å². The van der Waals surface area contributed by atoms with Crippen LogP contribution in [-0.2, 0) is 4.79 Å². The van der Waals surface area contributed by atoms with E-state index in [9.17, 15) is 9.59 Å². The fourth-order valence-corrected chi connectivity index (χ4v) is 2.59. The Hall–Kier alpha value is -2.79. The highest BCUT2D eigenvalue weighted by Gasteiger charge is 2.12. The number of carbonyl (C=O) groups is 2. The van der Waals surface area contributed by atoms with Gasteiger partial charge in [-0.2, -0.15) is 0 Å². The summed E-state index contributed by atoms with van der Waals surface area (Å²) in [5, 5.41) is 6.88. The van der Waals surface area contributed by atoms with Gasteiger partial charge in [-0.05, 0) is 30.3 Å². The van der Waals surface area contributed by atoms with Crippen LogP contribution in [0.2, 0.25) is 5.02 Å². The Kier molecular flexibility index (Phi) is 4.76. The van der Waals surface area contributed by atoms with Gasteiger partial charge in [0.1, 0.15) is 5.69 Å². The molecule has 5 nitrogen and oxygen atoms in total. The number of H-pyrrole nitrogens is 1. The third kappa shape index (κ3) is 3.83. The van der Waals surface area contributed by atoms with Gasteiger partial charge in [-0.3, -0.25) is 9.59 Å². The number of aromatic nitrogens is 1. The molecule has 0 bridgehead atoms. The van der Waals surface area contributed by atoms with Crippen LogP contribution in [0.5, 0.6) is 0 Å². The van der Waals surface area contributed by atoms with Crippen LogP contribution in [-0.4, -0.2) is 16.8 Å². The minimum atomic E-state index is -0.258. The van der Waals surface area contributed by atoms with Gasteiger partial charge in [0.25, 0.3) is 5.91 Å². The summed E-state index contributed by atoms with van der Waals surface area (Å²) in [6.07, 6.45) is 0. The number of amides is 2. The summed E-state index contributed by atoms with van der Waals surface area (Å²) in [5.74, 6) is -0.513. The zero-order valence-electron chi connectivity index (χ0n) is 13.9. The smallest absolute Gasteiger partial charge is 0.272 e. The lowest BCUT2D eigenvalue weighted by atomic mass is 10.2. The Balaban J connectivity index is 1.75. The van der Waals surface area contributed by atoms with Crippen LogP contribution in [0.25, 0.3) is 10.9 Å². The van der Waals surface area contributed by atoms with Crippen molar-refractivity contribution in [3.63, 3.8) is 0 Å². The number of anilines is 2. The molecule has 2 aromatic carbocycles. The predicted octanol–water partition coefficient (Wildman–Crippen LogP) is 4.67. The van der Waals surface area contributed by atoms with Gasteiger partial charge in [-0.1, -0.05) is 43.6 Å². The first-order valence-electron chi connectivity index (χ1n) is 7.93. The Bertz CT molecular complexity index is 914. The number of nitrogens with one attached hydrogen (secondary N) is 3. The average molecular weight is 356 g/mol. The van der Waals surface area contributed by atoms with Crippen molar-refractivity contribution in [3.8, 4) is 0 Å². The number of carbonyl (C=O) groups excluding carboxylic acids is 2. The van der Waals surface area contributed by atoms with E-state index in [0.717, 1.165) is 10.9 Å². The number of hydrogen-bond acceptors (Lipinski definition) is 2. The van der Waals surface area contributed by atoms with Crippen LogP contribution in [0, 0.1) is 5.92 Å². The molecular weight excluding hydrogens is 338 g/mol. The molecule has 0 fully saturated rings. The Morgan fingerprint density at radius 1 is 1.04 bits per heavy atom. The molecular formula is C19H18ClN3O2. The van der Waals surface area contributed by atoms with Crippen molar-refractivity contribution in [1.82, 2.24) is 4.98 Å². The van der Waals surface area contributed by atoms with Gasteiger partial charge in [0.2, 0.25) is 5.91 Å². The molecule has 1 heterocycles. The fraction of sp³-hybridized carbons (Fsp3) is 0.158. The van der Waals surface area contributed by atoms with Gasteiger partial charge in [0.15, 0.2) is 0 Å². The monoisotopic (exact) mass is 355 g/mol. The van der Waals surface area contributed by atoms with E-state index in [1.807, 2.05) is 24.3 Å². The summed E-state index contributed by atoms with van der Waals surface area (Å²) in [4.78, 5) is 27.2. The van der Waals surface area contributed by atoms with Crippen molar-refractivity contribution in [2.24, 2.45) is 5.92 Å². The lowest BCUT2D eigenvalue weighted by Crippen LogP contribution is -2.18. The van der Waals surface area contributed by atoms with Crippen LogP contribution in [0.3, 0.4) is 0 Å².